The van der Waals surface area contributed by atoms with Gasteiger partial charge in [-0.2, -0.15) is 0 Å². The van der Waals surface area contributed by atoms with Gasteiger partial charge in [0, 0.05) is 6.07 Å². The summed E-state index contributed by atoms with van der Waals surface area (Å²) in [6.45, 7) is 12.4. The fourth-order valence-corrected chi connectivity index (χ4v) is 4.01. The summed E-state index contributed by atoms with van der Waals surface area (Å²) in [5.74, 6) is 0.993. The molecule has 156 valence electrons. The SMILES string of the molecule is CC(C)C1CC[C@@H](C)C[C@H]1OC(=O)C(Nc1ccccc1[N+](=O)[O-])C(C)(C)C. The third-order valence-electron chi connectivity index (χ3n) is 5.73. The average Bonchev–Trinajstić information content (AvgIpc) is 2.58. The number of esters is 1. The summed E-state index contributed by atoms with van der Waals surface area (Å²) >= 11 is 0. The van der Waals surface area contributed by atoms with Crippen molar-refractivity contribution >= 4 is 17.3 Å². The number of hydrogen-bond donors (Lipinski definition) is 1. The van der Waals surface area contributed by atoms with Crippen LogP contribution in [-0.2, 0) is 9.53 Å². The Balaban J connectivity index is 2.23. The van der Waals surface area contributed by atoms with E-state index in [9.17, 15) is 14.9 Å². The van der Waals surface area contributed by atoms with Crippen LogP contribution in [0.1, 0.15) is 60.8 Å². The Labute approximate surface area is 168 Å². The van der Waals surface area contributed by atoms with Gasteiger partial charge in [0.05, 0.1) is 4.92 Å². The van der Waals surface area contributed by atoms with Crippen LogP contribution in [0.25, 0.3) is 0 Å². The second-order valence-corrected chi connectivity index (χ2v) is 9.52. The van der Waals surface area contributed by atoms with Gasteiger partial charge in [0.1, 0.15) is 17.8 Å². The Morgan fingerprint density at radius 3 is 2.46 bits per heavy atom. The zero-order valence-electron chi connectivity index (χ0n) is 17.9. The maximum atomic E-state index is 13.2. The Bertz CT molecular complexity index is 696. The molecule has 2 unspecified atom stereocenters. The zero-order chi connectivity index (χ0) is 21.1. The summed E-state index contributed by atoms with van der Waals surface area (Å²) in [5, 5.41) is 14.4. The van der Waals surface area contributed by atoms with Crippen molar-refractivity contribution in [1.29, 1.82) is 0 Å². The molecule has 0 aliphatic heterocycles. The first-order chi connectivity index (χ1) is 13.0. The van der Waals surface area contributed by atoms with E-state index < -0.39 is 16.4 Å². The number of benzene rings is 1. The molecule has 0 radical (unpaired) electrons. The molecule has 0 heterocycles. The van der Waals surface area contributed by atoms with Gasteiger partial charge in [0.15, 0.2) is 0 Å². The first kappa shape index (κ1) is 22.2. The topological polar surface area (TPSA) is 81.5 Å². The predicted molar refractivity (Wildman–Crippen MR) is 111 cm³/mol. The molecule has 6 heteroatoms. The molecule has 2 rings (SSSR count). The van der Waals surface area contributed by atoms with Crippen molar-refractivity contribution in [3.05, 3.63) is 34.4 Å². The number of para-hydroxylation sites is 2. The van der Waals surface area contributed by atoms with E-state index in [1.54, 1.807) is 18.2 Å². The normalized spacial score (nSPS) is 23.9. The summed E-state index contributed by atoms with van der Waals surface area (Å²) in [5.41, 5.74) is -0.174. The molecule has 1 aromatic rings. The highest BCUT2D eigenvalue weighted by Crippen LogP contribution is 2.37. The van der Waals surface area contributed by atoms with E-state index in [2.05, 4.69) is 26.1 Å². The number of nitro benzene ring substituents is 1. The molecule has 0 saturated heterocycles. The highest BCUT2D eigenvalue weighted by molar-refractivity contribution is 5.81. The van der Waals surface area contributed by atoms with E-state index >= 15 is 0 Å². The molecule has 28 heavy (non-hydrogen) atoms. The van der Waals surface area contributed by atoms with Crippen LogP contribution >= 0.6 is 0 Å². The van der Waals surface area contributed by atoms with Crippen molar-refractivity contribution < 1.29 is 14.5 Å². The third-order valence-corrected chi connectivity index (χ3v) is 5.73. The van der Waals surface area contributed by atoms with Crippen molar-refractivity contribution in [1.82, 2.24) is 0 Å². The maximum absolute atomic E-state index is 13.2. The van der Waals surface area contributed by atoms with Crippen LogP contribution in [0.3, 0.4) is 0 Å². The molecule has 0 amide bonds. The average molecular weight is 391 g/mol. The van der Waals surface area contributed by atoms with Crippen LogP contribution < -0.4 is 5.32 Å². The van der Waals surface area contributed by atoms with Crippen LogP contribution in [0.5, 0.6) is 0 Å². The summed E-state index contributed by atoms with van der Waals surface area (Å²) in [7, 11) is 0. The molecule has 1 fully saturated rings. The number of nitrogens with zero attached hydrogens (tertiary/aromatic N) is 1. The number of ether oxygens (including phenoxy) is 1. The fraction of sp³-hybridized carbons (Fsp3) is 0.682. The lowest BCUT2D eigenvalue weighted by Crippen LogP contribution is -2.46. The van der Waals surface area contributed by atoms with Gasteiger partial charge >= 0.3 is 5.97 Å². The molecule has 6 nitrogen and oxygen atoms in total. The summed E-state index contributed by atoms with van der Waals surface area (Å²) < 4.78 is 6.03. The lowest BCUT2D eigenvalue weighted by molar-refractivity contribution is -0.384. The monoisotopic (exact) mass is 390 g/mol. The van der Waals surface area contributed by atoms with Gasteiger partial charge in [0.25, 0.3) is 5.69 Å². The smallest absolute Gasteiger partial charge is 0.329 e. The zero-order valence-corrected chi connectivity index (χ0v) is 17.9. The molecule has 1 saturated carbocycles. The maximum Gasteiger partial charge on any atom is 0.329 e. The second-order valence-electron chi connectivity index (χ2n) is 9.52. The number of carbonyl (C=O) groups excluding carboxylic acids is 1. The molecule has 0 aromatic heterocycles. The summed E-state index contributed by atoms with van der Waals surface area (Å²) in [6.07, 6.45) is 2.99. The first-order valence-corrected chi connectivity index (χ1v) is 10.2. The fourth-order valence-electron chi connectivity index (χ4n) is 4.01. The second kappa shape index (κ2) is 8.93. The Morgan fingerprint density at radius 2 is 1.89 bits per heavy atom. The van der Waals surface area contributed by atoms with E-state index in [0.29, 0.717) is 23.4 Å². The number of rotatable bonds is 6. The molecule has 4 atom stereocenters. The van der Waals surface area contributed by atoms with Crippen molar-refractivity contribution in [3.63, 3.8) is 0 Å². The minimum atomic E-state index is -0.682. The van der Waals surface area contributed by atoms with Gasteiger partial charge in [-0.1, -0.05) is 60.1 Å². The van der Waals surface area contributed by atoms with Crippen LogP contribution in [0, 0.1) is 33.3 Å². The Hall–Kier alpha value is -2.11. The molecule has 0 spiro atoms. The van der Waals surface area contributed by atoms with Crippen molar-refractivity contribution in [2.45, 2.75) is 73.0 Å². The number of anilines is 1. The first-order valence-electron chi connectivity index (χ1n) is 10.2. The van der Waals surface area contributed by atoms with Gasteiger partial charge in [-0.05, 0) is 42.1 Å². The van der Waals surface area contributed by atoms with Crippen molar-refractivity contribution in [2.24, 2.45) is 23.2 Å². The largest absolute Gasteiger partial charge is 0.461 e. The number of carbonyl (C=O) groups is 1. The van der Waals surface area contributed by atoms with E-state index in [4.69, 9.17) is 4.74 Å². The van der Waals surface area contributed by atoms with E-state index in [0.717, 1.165) is 19.3 Å². The number of nitro groups is 1. The van der Waals surface area contributed by atoms with Crippen molar-refractivity contribution in [3.8, 4) is 0 Å². The van der Waals surface area contributed by atoms with Gasteiger partial charge in [-0.15, -0.1) is 0 Å². The Kier molecular flexibility index (Phi) is 7.07. The summed E-state index contributed by atoms with van der Waals surface area (Å²) in [6, 6.07) is 5.72. The summed E-state index contributed by atoms with van der Waals surface area (Å²) in [4.78, 5) is 24.1. The van der Waals surface area contributed by atoms with Gasteiger partial charge in [-0.25, -0.2) is 4.79 Å². The quantitative estimate of drug-likeness (QED) is 0.398. The van der Waals surface area contributed by atoms with Crippen LogP contribution in [0.2, 0.25) is 0 Å². The molecule has 0 bridgehead atoms. The van der Waals surface area contributed by atoms with Crippen LogP contribution in [0.4, 0.5) is 11.4 Å². The highest BCUT2D eigenvalue weighted by atomic mass is 16.6. The number of hydrogen-bond acceptors (Lipinski definition) is 5. The predicted octanol–water partition coefficient (Wildman–Crippen LogP) is 5.43. The minimum Gasteiger partial charge on any atom is -0.461 e. The third kappa shape index (κ3) is 5.46. The molecule has 1 aliphatic rings. The van der Waals surface area contributed by atoms with E-state index in [1.807, 2.05) is 20.8 Å². The molecule has 1 aliphatic carbocycles. The molecular weight excluding hydrogens is 356 g/mol. The van der Waals surface area contributed by atoms with E-state index in [-0.39, 0.29) is 17.8 Å². The van der Waals surface area contributed by atoms with Crippen molar-refractivity contribution in [2.75, 3.05) is 5.32 Å². The standard InChI is InChI=1S/C22H34N2O4/c1-14(2)16-12-11-15(3)13-19(16)28-21(25)20(22(4,5)6)23-17-9-7-8-10-18(17)24(26)27/h7-10,14-16,19-20,23H,11-13H2,1-6H3/t15-,16?,19-,20?/m1/s1. The molecule has 1 aromatic carbocycles. The lowest BCUT2D eigenvalue weighted by Gasteiger charge is -2.39. The molecule has 1 N–H and O–H groups in total. The Morgan fingerprint density at radius 1 is 1.25 bits per heavy atom. The van der Waals surface area contributed by atoms with Gasteiger partial charge in [-0.3, -0.25) is 10.1 Å². The van der Waals surface area contributed by atoms with Gasteiger partial charge < -0.3 is 10.1 Å². The number of nitrogens with one attached hydrogen (secondary N) is 1. The lowest BCUT2D eigenvalue weighted by atomic mass is 9.75. The van der Waals surface area contributed by atoms with Gasteiger partial charge in [0.2, 0.25) is 0 Å². The highest BCUT2D eigenvalue weighted by Gasteiger charge is 2.39. The van der Waals surface area contributed by atoms with Crippen LogP contribution in [-0.4, -0.2) is 23.0 Å². The van der Waals surface area contributed by atoms with Crippen LogP contribution in [0.15, 0.2) is 24.3 Å². The molecular formula is C22H34N2O4. The minimum absolute atomic E-state index is 0.0455. The van der Waals surface area contributed by atoms with E-state index in [1.165, 1.54) is 6.07 Å².